The molecule has 0 aromatic rings. The molecule has 1 aliphatic rings. The summed E-state index contributed by atoms with van der Waals surface area (Å²) in [5.41, 5.74) is -0.361. The Labute approximate surface area is 99.1 Å². The fourth-order valence-electron chi connectivity index (χ4n) is 2.42. The maximum atomic E-state index is 10.2. The zero-order valence-corrected chi connectivity index (χ0v) is 10.9. The van der Waals surface area contributed by atoms with Crippen LogP contribution >= 0.6 is 0 Å². The van der Waals surface area contributed by atoms with Crippen molar-refractivity contribution in [1.82, 2.24) is 0 Å². The van der Waals surface area contributed by atoms with E-state index in [-0.39, 0.29) is 5.60 Å². The van der Waals surface area contributed by atoms with Gasteiger partial charge in [-0.3, -0.25) is 0 Å². The lowest BCUT2D eigenvalue weighted by Gasteiger charge is -2.41. The van der Waals surface area contributed by atoms with Crippen molar-refractivity contribution < 1.29 is 14.6 Å². The van der Waals surface area contributed by atoms with Crippen molar-refractivity contribution in [1.29, 1.82) is 0 Å². The third-order valence-corrected chi connectivity index (χ3v) is 3.76. The number of hydrogen-bond acceptors (Lipinski definition) is 3. The molecular formula is C13H26O3. The average Bonchev–Trinajstić information content (AvgIpc) is 2.31. The standard InChI is InChI=1S/C13H26O3/c1-4-9-16-10-12(14)13(15-3)7-5-11(2)6-8-13/h11-12,14H,4-10H2,1-3H3. The van der Waals surface area contributed by atoms with E-state index < -0.39 is 6.10 Å². The Balaban J connectivity index is 2.44. The smallest absolute Gasteiger partial charge is 0.106 e. The van der Waals surface area contributed by atoms with Crippen molar-refractivity contribution in [3.05, 3.63) is 0 Å². The highest BCUT2D eigenvalue weighted by Gasteiger charge is 2.40. The molecule has 0 saturated heterocycles. The van der Waals surface area contributed by atoms with Gasteiger partial charge in [0.05, 0.1) is 12.2 Å². The molecule has 0 aliphatic heterocycles. The van der Waals surface area contributed by atoms with E-state index in [1.165, 1.54) is 0 Å². The average molecular weight is 230 g/mol. The molecule has 1 fully saturated rings. The van der Waals surface area contributed by atoms with E-state index >= 15 is 0 Å². The van der Waals surface area contributed by atoms with Crippen molar-refractivity contribution >= 4 is 0 Å². The first-order valence-electron chi connectivity index (χ1n) is 6.45. The topological polar surface area (TPSA) is 38.7 Å². The van der Waals surface area contributed by atoms with Gasteiger partial charge in [-0.2, -0.15) is 0 Å². The van der Waals surface area contributed by atoms with Crippen LogP contribution < -0.4 is 0 Å². The molecule has 3 heteroatoms. The number of aliphatic hydroxyl groups excluding tert-OH is 1. The van der Waals surface area contributed by atoms with E-state index in [9.17, 15) is 5.11 Å². The summed E-state index contributed by atoms with van der Waals surface area (Å²) in [5, 5.41) is 10.2. The number of rotatable bonds is 6. The van der Waals surface area contributed by atoms with Gasteiger partial charge in [-0.1, -0.05) is 13.8 Å². The van der Waals surface area contributed by atoms with Crippen LogP contribution in [0, 0.1) is 5.92 Å². The first-order chi connectivity index (χ1) is 7.64. The van der Waals surface area contributed by atoms with Gasteiger partial charge in [0.25, 0.3) is 0 Å². The molecule has 1 rings (SSSR count). The predicted molar refractivity (Wildman–Crippen MR) is 64.5 cm³/mol. The van der Waals surface area contributed by atoms with E-state index in [1.807, 2.05) is 0 Å². The number of methoxy groups -OCH3 is 1. The van der Waals surface area contributed by atoms with Crippen LogP contribution in [0.4, 0.5) is 0 Å². The van der Waals surface area contributed by atoms with E-state index in [2.05, 4.69) is 13.8 Å². The molecule has 3 nitrogen and oxygen atoms in total. The summed E-state index contributed by atoms with van der Waals surface area (Å²) >= 11 is 0. The fraction of sp³-hybridized carbons (Fsp3) is 1.00. The molecule has 1 atom stereocenters. The van der Waals surface area contributed by atoms with Crippen LogP contribution in [-0.4, -0.2) is 37.1 Å². The second kappa shape index (κ2) is 6.58. The van der Waals surface area contributed by atoms with Gasteiger partial charge in [0.15, 0.2) is 0 Å². The van der Waals surface area contributed by atoms with E-state index in [4.69, 9.17) is 9.47 Å². The van der Waals surface area contributed by atoms with Crippen LogP contribution in [0.15, 0.2) is 0 Å². The Morgan fingerprint density at radius 2 is 2.00 bits per heavy atom. The Bertz CT molecular complexity index is 186. The van der Waals surface area contributed by atoms with Gasteiger partial charge in [0.2, 0.25) is 0 Å². The van der Waals surface area contributed by atoms with E-state index in [0.29, 0.717) is 13.2 Å². The van der Waals surface area contributed by atoms with Gasteiger partial charge >= 0.3 is 0 Å². The molecule has 0 heterocycles. The Morgan fingerprint density at radius 3 is 2.50 bits per heavy atom. The minimum absolute atomic E-state index is 0.361. The minimum atomic E-state index is -0.489. The van der Waals surface area contributed by atoms with Crippen LogP contribution in [0.25, 0.3) is 0 Å². The first kappa shape index (κ1) is 13.9. The van der Waals surface area contributed by atoms with Gasteiger partial charge < -0.3 is 14.6 Å². The Hall–Kier alpha value is -0.120. The largest absolute Gasteiger partial charge is 0.388 e. The van der Waals surface area contributed by atoms with Crippen molar-refractivity contribution in [3.63, 3.8) is 0 Å². The van der Waals surface area contributed by atoms with E-state index in [0.717, 1.165) is 38.0 Å². The molecule has 1 N–H and O–H groups in total. The van der Waals surface area contributed by atoms with Crippen LogP contribution in [0.3, 0.4) is 0 Å². The summed E-state index contributed by atoms with van der Waals surface area (Å²) in [7, 11) is 1.71. The van der Waals surface area contributed by atoms with Crippen LogP contribution in [-0.2, 0) is 9.47 Å². The highest BCUT2D eigenvalue weighted by Crippen LogP contribution is 2.36. The first-order valence-corrected chi connectivity index (χ1v) is 6.45. The summed E-state index contributed by atoms with van der Waals surface area (Å²) in [6.45, 7) is 5.45. The van der Waals surface area contributed by atoms with Crippen molar-refractivity contribution in [2.24, 2.45) is 5.92 Å². The fourth-order valence-corrected chi connectivity index (χ4v) is 2.42. The highest BCUT2D eigenvalue weighted by atomic mass is 16.5. The molecule has 0 bridgehead atoms. The summed E-state index contributed by atoms with van der Waals surface area (Å²) in [6, 6.07) is 0. The quantitative estimate of drug-likeness (QED) is 0.712. The number of hydrogen-bond donors (Lipinski definition) is 1. The lowest BCUT2D eigenvalue weighted by molar-refractivity contribution is -0.148. The molecule has 0 spiro atoms. The summed E-state index contributed by atoms with van der Waals surface area (Å²) < 4.78 is 11.0. The monoisotopic (exact) mass is 230 g/mol. The highest BCUT2D eigenvalue weighted by molar-refractivity contribution is 4.92. The molecular weight excluding hydrogens is 204 g/mol. The third kappa shape index (κ3) is 3.44. The zero-order valence-electron chi connectivity index (χ0n) is 10.9. The lowest BCUT2D eigenvalue weighted by atomic mass is 9.76. The molecule has 0 aromatic heterocycles. The van der Waals surface area contributed by atoms with E-state index in [1.54, 1.807) is 7.11 Å². The number of aliphatic hydroxyl groups is 1. The second-order valence-corrected chi connectivity index (χ2v) is 5.04. The summed E-state index contributed by atoms with van der Waals surface area (Å²) in [5.74, 6) is 0.757. The predicted octanol–water partition coefficient (Wildman–Crippen LogP) is 2.37. The molecule has 16 heavy (non-hydrogen) atoms. The molecule has 96 valence electrons. The van der Waals surface area contributed by atoms with Crippen LogP contribution in [0.5, 0.6) is 0 Å². The zero-order chi connectivity index (χ0) is 12.0. The van der Waals surface area contributed by atoms with Crippen molar-refractivity contribution in [3.8, 4) is 0 Å². The SMILES string of the molecule is CCCOCC(O)C1(OC)CCC(C)CC1. The van der Waals surface area contributed by atoms with Crippen LogP contribution in [0.1, 0.15) is 46.0 Å². The van der Waals surface area contributed by atoms with Gasteiger partial charge in [-0.15, -0.1) is 0 Å². The molecule has 0 radical (unpaired) electrons. The Kier molecular flexibility index (Phi) is 5.73. The third-order valence-electron chi connectivity index (χ3n) is 3.76. The maximum absolute atomic E-state index is 10.2. The van der Waals surface area contributed by atoms with Crippen molar-refractivity contribution in [2.45, 2.75) is 57.7 Å². The normalized spacial score (nSPS) is 32.6. The molecule has 1 aliphatic carbocycles. The second-order valence-electron chi connectivity index (χ2n) is 5.04. The van der Waals surface area contributed by atoms with Gasteiger partial charge in [0.1, 0.15) is 6.10 Å². The van der Waals surface area contributed by atoms with Gasteiger partial charge in [-0.05, 0) is 38.0 Å². The molecule has 1 saturated carbocycles. The minimum Gasteiger partial charge on any atom is -0.388 e. The molecule has 0 amide bonds. The molecule has 0 aromatic carbocycles. The van der Waals surface area contributed by atoms with Gasteiger partial charge in [-0.25, -0.2) is 0 Å². The molecule has 1 unspecified atom stereocenters. The van der Waals surface area contributed by atoms with Crippen molar-refractivity contribution in [2.75, 3.05) is 20.3 Å². The lowest BCUT2D eigenvalue weighted by Crippen LogP contribution is -2.49. The maximum Gasteiger partial charge on any atom is 0.106 e. The number of ether oxygens (including phenoxy) is 2. The summed E-state index contributed by atoms with van der Waals surface area (Å²) in [6.07, 6.45) is 4.67. The summed E-state index contributed by atoms with van der Waals surface area (Å²) in [4.78, 5) is 0. The Morgan fingerprint density at radius 1 is 1.38 bits per heavy atom. The van der Waals surface area contributed by atoms with Crippen LogP contribution in [0.2, 0.25) is 0 Å². The van der Waals surface area contributed by atoms with Gasteiger partial charge in [0, 0.05) is 13.7 Å².